The van der Waals surface area contributed by atoms with Gasteiger partial charge in [-0.05, 0) is 47.1 Å². The second-order valence-corrected chi connectivity index (χ2v) is 9.95. The molecule has 3 rings (SSSR count). The summed E-state index contributed by atoms with van der Waals surface area (Å²) in [5.41, 5.74) is 5.10. The number of hydrogen-bond donors (Lipinski definition) is 0. The third kappa shape index (κ3) is 2.60. The molecule has 2 heterocycles. The van der Waals surface area contributed by atoms with Gasteiger partial charge in [0.15, 0.2) is 0 Å². The highest BCUT2D eigenvalue weighted by Gasteiger charge is 2.36. The van der Waals surface area contributed by atoms with E-state index in [1.54, 1.807) is 11.1 Å². The lowest BCUT2D eigenvalue weighted by Crippen LogP contribution is -2.12. The smallest absolute Gasteiger partial charge is 0.00453 e. The van der Waals surface area contributed by atoms with E-state index >= 15 is 0 Å². The molecule has 0 aliphatic carbocycles. The third-order valence-electron chi connectivity index (χ3n) is 5.83. The van der Waals surface area contributed by atoms with Gasteiger partial charge in [-0.3, -0.25) is 0 Å². The predicted octanol–water partition coefficient (Wildman–Crippen LogP) is 5.70. The molecule has 0 radical (unpaired) electrons. The molecule has 8 atom stereocenters. The zero-order chi connectivity index (χ0) is 14.3. The van der Waals surface area contributed by atoms with Crippen LogP contribution in [0.2, 0.25) is 0 Å². The van der Waals surface area contributed by atoms with Crippen LogP contribution in [0.3, 0.4) is 0 Å². The zero-order valence-electron chi connectivity index (χ0n) is 13.2. The summed E-state index contributed by atoms with van der Waals surface area (Å²) in [5.74, 6) is 3.56. The largest absolute Gasteiger partial charge is 0.114 e. The third-order valence-corrected chi connectivity index (χ3v) is 10.1. The molecule has 0 nitrogen and oxygen atoms in total. The molecule has 0 spiro atoms. The lowest BCUT2D eigenvalue weighted by atomic mass is 9.84. The van der Waals surface area contributed by atoms with Gasteiger partial charge < -0.3 is 0 Å². The highest BCUT2D eigenvalue weighted by Crippen LogP contribution is 2.57. The van der Waals surface area contributed by atoms with Crippen molar-refractivity contribution in [3.63, 3.8) is 0 Å². The molecule has 2 heteroatoms. The van der Waals surface area contributed by atoms with E-state index in [0.29, 0.717) is 0 Å². The molecular weight excluding hydrogens is 278 g/mol. The Labute approximate surface area is 128 Å². The molecule has 0 saturated carbocycles. The van der Waals surface area contributed by atoms with E-state index < -0.39 is 0 Å². The van der Waals surface area contributed by atoms with Crippen molar-refractivity contribution in [3.8, 4) is 0 Å². The highest BCUT2D eigenvalue weighted by atomic mass is 31.1. The first-order valence-corrected chi connectivity index (χ1v) is 10.7. The van der Waals surface area contributed by atoms with Gasteiger partial charge in [-0.2, -0.15) is 0 Å². The van der Waals surface area contributed by atoms with E-state index in [2.05, 4.69) is 52.0 Å². The summed E-state index contributed by atoms with van der Waals surface area (Å²) >= 11 is 0. The molecule has 110 valence electrons. The Balaban J connectivity index is 1.93. The molecule has 4 unspecified atom stereocenters. The molecule has 0 bridgehead atoms. The Morgan fingerprint density at radius 2 is 1.15 bits per heavy atom. The van der Waals surface area contributed by atoms with Crippen LogP contribution in [0.5, 0.6) is 0 Å². The zero-order valence-corrected chi connectivity index (χ0v) is 15.2. The molecule has 2 aliphatic heterocycles. The van der Waals surface area contributed by atoms with Crippen molar-refractivity contribution in [3.05, 3.63) is 35.4 Å². The minimum Gasteiger partial charge on any atom is -0.114 e. The van der Waals surface area contributed by atoms with Crippen LogP contribution in [0.15, 0.2) is 24.3 Å². The minimum absolute atomic E-state index is 0.842. The molecule has 2 fully saturated rings. The van der Waals surface area contributed by atoms with E-state index in [1.807, 2.05) is 0 Å². The van der Waals surface area contributed by atoms with Crippen LogP contribution in [0.1, 0.15) is 50.1 Å². The molecule has 0 N–H and O–H groups in total. The van der Waals surface area contributed by atoms with Crippen LogP contribution in [0, 0.1) is 23.7 Å². The van der Waals surface area contributed by atoms with Crippen molar-refractivity contribution >= 4 is 17.2 Å². The molecule has 2 aliphatic rings. The fraction of sp³-hybridized carbons (Fsp3) is 0.667. The van der Waals surface area contributed by atoms with Gasteiger partial charge in [0.25, 0.3) is 0 Å². The van der Waals surface area contributed by atoms with Crippen LogP contribution >= 0.6 is 17.2 Å². The average molecular weight is 306 g/mol. The maximum atomic E-state index is 2.48. The van der Waals surface area contributed by atoms with Crippen LogP contribution in [0.4, 0.5) is 0 Å². The first kappa shape index (κ1) is 15.0. The van der Waals surface area contributed by atoms with Crippen molar-refractivity contribution < 1.29 is 0 Å². The Morgan fingerprint density at radius 3 is 1.45 bits per heavy atom. The second kappa shape index (κ2) is 6.06. The number of benzene rings is 1. The first-order valence-electron chi connectivity index (χ1n) is 8.15. The molecular formula is C18H28P2. The Kier molecular flexibility index (Phi) is 4.54. The molecule has 0 aromatic heterocycles. The molecule has 0 amide bonds. The molecule has 2 saturated heterocycles. The maximum absolute atomic E-state index is 2.48. The van der Waals surface area contributed by atoms with Gasteiger partial charge in [-0.15, -0.1) is 17.2 Å². The number of hydrogen-bond acceptors (Lipinski definition) is 0. The summed E-state index contributed by atoms with van der Waals surface area (Å²) in [7, 11) is 2.28. The fourth-order valence-electron chi connectivity index (χ4n) is 3.89. The topological polar surface area (TPSA) is 0 Å². The van der Waals surface area contributed by atoms with Gasteiger partial charge in [-0.25, -0.2) is 0 Å². The lowest BCUT2D eigenvalue weighted by molar-refractivity contribution is 0.428. The Hall–Kier alpha value is 0.0800. The molecule has 1 aromatic carbocycles. The van der Waals surface area contributed by atoms with Gasteiger partial charge in [0.2, 0.25) is 0 Å². The SMILES string of the molecule is C[C@H]1CPC(c2ccccc2C2PC[C@H](C)[C@H]2C)[C@@H]1C. The lowest BCUT2D eigenvalue weighted by Gasteiger charge is -2.26. The first-order chi connectivity index (χ1) is 9.59. The molecule has 20 heavy (non-hydrogen) atoms. The van der Waals surface area contributed by atoms with Crippen LogP contribution in [-0.4, -0.2) is 12.3 Å². The van der Waals surface area contributed by atoms with Crippen molar-refractivity contribution in [1.29, 1.82) is 0 Å². The van der Waals surface area contributed by atoms with Gasteiger partial charge >= 0.3 is 0 Å². The maximum Gasteiger partial charge on any atom is 0.00453 e. The van der Waals surface area contributed by atoms with Crippen molar-refractivity contribution in [1.82, 2.24) is 0 Å². The Morgan fingerprint density at radius 1 is 0.750 bits per heavy atom. The number of rotatable bonds is 2. The quantitative estimate of drug-likeness (QED) is 0.615. The summed E-state index contributed by atoms with van der Waals surface area (Å²) in [6.07, 6.45) is 2.89. The van der Waals surface area contributed by atoms with E-state index in [0.717, 1.165) is 52.2 Å². The van der Waals surface area contributed by atoms with Crippen molar-refractivity contribution in [2.75, 3.05) is 12.3 Å². The van der Waals surface area contributed by atoms with Gasteiger partial charge in [0.1, 0.15) is 0 Å². The average Bonchev–Trinajstić information content (AvgIpc) is 2.95. The van der Waals surface area contributed by atoms with Crippen molar-refractivity contribution in [2.24, 2.45) is 23.7 Å². The standard InChI is InChI=1S/C18H28P2/c1-11-9-19-17(13(11)3)15-7-5-6-8-16(15)18-14(4)12(2)10-20-18/h5-8,11-14,17-20H,9-10H2,1-4H3/t11-,12-,13+,14+,17?,18?/m0/s1. The fourth-order valence-corrected chi connectivity index (χ4v) is 8.25. The van der Waals surface area contributed by atoms with Crippen LogP contribution in [0.25, 0.3) is 0 Å². The normalized spacial score (nSPS) is 43.6. The minimum atomic E-state index is 0.842. The summed E-state index contributed by atoms with van der Waals surface area (Å²) in [6.45, 7) is 9.86. The summed E-state index contributed by atoms with van der Waals surface area (Å²) in [6, 6.07) is 9.43. The van der Waals surface area contributed by atoms with Gasteiger partial charge in [0, 0.05) is 11.3 Å². The molecule has 1 aromatic rings. The summed E-state index contributed by atoms with van der Waals surface area (Å²) in [5, 5.41) is 0. The summed E-state index contributed by atoms with van der Waals surface area (Å²) in [4.78, 5) is 0. The van der Waals surface area contributed by atoms with E-state index in [4.69, 9.17) is 0 Å². The monoisotopic (exact) mass is 306 g/mol. The van der Waals surface area contributed by atoms with Gasteiger partial charge in [0.05, 0.1) is 0 Å². The van der Waals surface area contributed by atoms with E-state index in [-0.39, 0.29) is 0 Å². The second-order valence-electron chi connectivity index (χ2n) is 7.07. The van der Waals surface area contributed by atoms with Gasteiger partial charge in [-0.1, -0.05) is 52.0 Å². The van der Waals surface area contributed by atoms with Crippen molar-refractivity contribution in [2.45, 2.75) is 39.0 Å². The summed E-state index contributed by atoms with van der Waals surface area (Å²) < 4.78 is 0. The van der Waals surface area contributed by atoms with E-state index in [9.17, 15) is 0 Å². The van der Waals surface area contributed by atoms with Crippen LogP contribution < -0.4 is 0 Å². The van der Waals surface area contributed by atoms with Crippen LogP contribution in [-0.2, 0) is 0 Å². The highest BCUT2D eigenvalue weighted by molar-refractivity contribution is 7.39. The predicted molar refractivity (Wildman–Crippen MR) is 94.9 cm³/mol. The Bertz CT molecular complexity index is 427. The van der Waals surface area contributed by atoms with E-state index in [1.165, 1.54) is 12.3 Å².